The molecule has 0 aromatic heterocycles. The van der Waals surface area contributed by atoms with E-state index in [1.54, 1.807) is 54.6 Å². The molecule has 1 aliphatic heterocycles. The summed E-state index contributed by atoms with van der Waals surface area (Å²) < 4.78 is 30.9. The Bertz CT molecular complexity index is 989. The molecule has 160 valence electrons. The molecule has 0 bridgehead atoms. The first kappa shape index (κ1) is 21.8. The molecule has 8 nitrogen and oxygen atoms in total. The molecule has 2 aromatic carbocycles. The van der Waals surface area contributed by atoms with Crippen molar-refractivity contribution < 1.29 is 22.7 Å². The Morgan fingerprint density at radius 1 is 1.10 bits per heavy atom. The summed E-state index contributed by atoms with van der Waals surface area (Å²) in [7, 11) is -3.67. The molecule has 3 rings (SSSR count). The average Bonchev–Trinajstić information content (AvgIpc) is 3.24. The molecule has 30 heavy (non-hydrogen) atoms. The predicted molar refractivity (Wildman–Crippen MR) is 115 cm³/mol. The molecule has 0 radical (unpaired) electrons. The van der Waals surface area contributed by atoms with Gasteiger partial charge in [0.1, 0.15) is 6.54 Å². The number of anilines is 2. The number of para-hydroxylation sites is 2. The molecule has 2 amide bonds. The van der Waals surface area contributed by atoms with Crippen LogP contribution in [0.2, 0.25) is 0 Å². The average molecular weight is 432 g/mol. The fourth-order valence-electron chi connectivity index (χ4n) is 3.21. The Balaban J connectivity index is 1.69. The number of sulfonamides is 1. The first-order valence-electron chi connectivity index (χ1n) is 9.66. The van der Waals surface area contributed by atoms with Crippen molar-refractivity contribution >= 4 is 33.2 Å². The lowest BCUT2D eigenvalue weighted by atomic mass is 10.1. The molecule has 1 heterocycles. The van der Waals surface area contributed by atoms with E-state index in [4.69, 9.17) is 4.74 Å². The van der Waals surface area contributed by atoms with Gasteiger partial charge in [0.15, 0.2) is 0 Å². The van der Waals surface area contributed by atoms with E-state index < -0.39 is 22.5 Å². The lowest BCUT2D eigenvalue weighted by molar-refractivity contribution is -0.114. The standard InChI is InChI=1S/C21H25N3O5S/c1-30(27,28)24(16-8-3-2-4-9-16)15-20(25)23-19-12-6-5-11-18(19)21(26)22-14-17-10-7-13-29-17/h2-6,8-9,11-12,17H,7,10,13-15H2,1H3,(H,22,26)(H,23,25)/t17-/m0/s1. The maximum atomic E-state index is 12.6. The largest absolute Gasteiger partial charge is 0.376 e. The van der Waals surface area contributed by atoms with E-state index in [1.165, 1.54) is 0 Å². The highest BCUT2D eigenvalue weighted by molar-refractivity contribution is 7.92. The van der Waals surface area contributed by atoms with Crippen LogP contribution < -0.4 is 14.9 Å². The number of carbonyl (C=O) groups is 2. The summed E-state index contributed by atoms with van der Waals surface area (Å²) >= 11 is 0. The minimum atomic E-state index is -3.67. The van der Waals surface area contributed by atoms with E-state index >= 15 is 0 Å². The maximum absolute atomic E-state index is 12.6. The van der Waals surface area contributed by atoms with Gasteiger partial charge < -0.3 is 15.4 Å². The van der Waals surface area contributed by atoms with Crippen molar-refractivity contribution in [1.82, 2.24) is 5.32 Å². The van der Waals surface area contributed by atoms with Crippen molar-refractivity contribution in [2.45, 2.75) is 18.9 Å². The minimum absolute atomic E-state index is 0.00453. The number of carbonyl (C=O) groups excluding carboxylic acids is 2. The second kappa shape index (κ2) is 9.73. The Morgan fingerprint density at radius 3 is 2.47 bits per heavy atom. The van der Waals surface area contributed by atoms with Gasteiger partial charge in [-0.05, 0) is 37.1 Å². The Labute approximate surface area is 176 Å². The van der Waals surface area contributed by atoms with Gasteiger partial charge in [-0.1, -0.05) is 30.3 Å². The number of hydrogen-bond acceptors (Lipinski definition) is 5. The number of nitrogens with one attached hydrogen (secondary N) is 2. The number of benzene rings is 2. The summed E-state index contributed by atoms with van der Waals surface area (Å²) in [5.74, 6) is -0.881. The molecule has 2 aromatic rings. The van der Waals surface area contributed by atoms with Gasteiger partial charge in [0, 0.05) is 13.2 Å². The summed E-state index contributed by atoms with van der Waals surface area (Å²) in [6.45, 7) is 0.692. The zero-order chi connectivity index (χ0) is 21.6. The molecule has 1 fully saturated rings. The second-order valence-electron chi connectivity index (χ2n) is 7.04. The van der Waals surface area contributed by atoms with Crippen molar-refractivity contribution in [3.63, 3.8) is 0 Å². The minimum Gasteiger partial charge on any atom is -0.376 e. The van der Waals surface area contributed by atoms with Crippen LogP contribution in [0.1, 0.15) is 23.2 Å². The van der Waals surface area contributed by atoms with Crippen LogP contribution in [0.5, 0.6) is 0 Å². The van der Waals surface area contributed by atoms with Gasteiger partial charge in [-0.25, -0.2) is 8.42 Å². The molecule has 1 saturated heterocycles. The van der Waals surface area contributed by atoms with Gasteiger partial charge in [-0.2, -0.15) is 0 Å². The summed E-state index contributed by atoms with van der Waals surface area (Å²) in [5.41, 5.74) is 1.00. The Hall–Kier alpha value is -2.91. The van der Waals surface area contributed by atoms with Gasteiger partial charge in [-0.3, -0.25) is 13.9 Å². The van der Waals surface area contributed by atoms with Crippen LogP contribution in [0.3, 0.4) is 0 Å². The van der Waals surface area contributed by atoms with Gasteiger partial charge in [0.05, 0.1) is 29.3 Å². The lowest BCUT2D eigenvalue weighted by Gasteiger charge is -2.22. The van der Waals surface area contributed by atoms with Crippen LogP contribution in [0, 0.1) is 0 Å². The van der Waals surface area contributed by atoms with Crippen molar-refractivity contribution in [2.75, 3.05) is 35.6 Å². The zero-order valence-electron chi connectivity index (χ0n) is 16.7. The predicted octanol–water partition coefficient (Wildman–Crippen LogP) is 2.00. The van der Waals surface area contributed by atoms with Crippen LogP contribution >= 0.6 is 0 Å². The van der Waals surface area contributed by atoms with Gasteiger partial charge in [0.2, 0.25) is 15.9 Å². The molecule has 0 saturated carbocycles. The van der Waals surface area contributed by atoms with Crippen molar-refractivity contribution in [3.8, 4) is 0 Å². The van der Waals surface area contributed by atoms with E-state index in [0.717, 1.165) is 23.4 Å². The zero-order valence-corrected chi connectivity index (χ0v) is 17.5. The molecule has 2 N–H and O–H groups in total. The molecule has 1 atom stereocenters. The fourth-order valence-corrected chi connectivity index (χ4v) is 4.07. The molecular weight excluding hydrogens is 406 g/mol. The Kier molecular flexibility index (Phi) is 7.07. The van der Waals surface area contributed by atoms with Crippen LogP contribution in [0.25, 0.3) is 0 Å². The summed E-state index contributed by atoms with van der Waals surface area (Å²) in [6.07, 6.45) is 2.93. The monoisotopic (exact) mass is 431 g/mol. The van der Waals surface area contributed by atoms with Crippen LogP contribution in [0.15, 0.2) is 54.6 Å². The number of hydrogen-bond donors (Lipinski definition) is 2. The molecule has 0 aliphatic carbocycles. The number of rotatable bonds is 8. The third-order valence-corrected chi connectivity index (χ3v) is 5.83. The second-order valence-corrected chi connectivity index (χ2v) is 8.95. The van der Waals surface area contributed by atoms with Crippen LogP contribution in [0.4, 0.5) is 11.4 Å². The third kappa shape index (κ3) is 5.80. The topological polar surface area (TPSA) is 105 Å². The highest BCUT2D eigenvalue weighted by Crippen LogP contribution is 2.19. The summed E-state index contributed by atoms with van der Waals surface area (Å²) in [4.78, 5) is 25.2. The molecule has 9 heteroatoms. The highest BCUT2D eigenvalue weighted by Gasteiger charge is 2.22. The fraction of sp³-hybridized carbons (Fsp3) is 0.333. The van der Waals surface area contributed by atoms with E-state index in [1.807, 2.05) is 0 Å². The van der Waals surface area contributed by atoms with Crippen molar-refractivity contribution in [1.29, 1.82) is 0 Å². The van der Waals surface area contributed by atoms with Crippen LogP contribution in [-0.2, 0) is 19.6 Å². The number of amides is 2. The summed E-state index contributed by atoms with van der Waals surface area (Å²) in [5, 5.41) is 5.48. The molecule has 0 unspecified atom stereocenters. The molecule has 1 aliphatic rings. The van der Waals surface area contributed by atoms with E-state index in [-0.39, 0.29) is 12.0 Å². The number of ether oxygens (including phenoxy) is 1. The van der Waals surface area contributed by atoms with Gasteiger partial charge >= 0.3 is 0 Å². The maximum Gasteiger partial charge on any atom is 0.253 e. The molecule has 0 spiro atoms. The smallest absolute Gasteiger partial charge is 0.253 e. The third-order valence-electron chi connectivity index (χ3n) is 4.69. The van der Waals surface area contributed by atoms with E-state index in [2.05, 4.69) is 10.6 Å². The van der Waals surface area contributed by atoms with Crippen LogP contribution in [-0.4, -0.2) is 52.3 Å². The quantitative estimate of drug-likeness (QED) is 0.665. The van der Waals surface area contributed by atoms with Crippen molar-refractivity contribution in [3.05, 3.63) is 60.2 Å². The first-order valence-corrected chi connectivity index (χ1v) is 11.5. The molecular formula is C21H25N3O5S. The van der Waals surface area contributed by atoms with Gasteiger partial charge in [0.25, 0.3) is 5.91 Å². The van der Waals surface area contributed by atoms with E-state index in [0.29, 0.717) is 30.1 Å². The highest BCUT2D eigenvalue weighted by atomic mass is 32.2. The summed E-state index contributed by atoms with van der Waals surface area (Å²) in [6, 6.07) is 15.0. The first-order chi connectivity index (χ1) is 14.3. The van der Waals surface area contributed by atoms with Crippen molar-refractivity contribution in [2.24, 2.45) is 0 Å². The Morgan fingerprint density at radius 2 is 1.80 bits per heavy atom. The van der Waals surface area contributed by atoms with E-state index in [9.17, 15) is 18.0 Å². The SMILES string of the molecule is CS(=O)(=O)N(CC(=O)Nc1ccccc1C(=O)NC[C@@H]1CCCO1)c1ccccc1. The van der Waals surface area contributed by atoms with Gasteiger partial charge in [-0.15, -0.1) is 0 Å². The normalized spacial score (nSPS) is 16.1. The lowest BCUT2D eigenvalue weighted by Crippen LogP contribution is -2.38. The number of nitrogens with zero attached hydrogens (tertiary/aromatic N) is 1.